The Morgan fingerprint density at radius 1 is 0.530 bits per heavy atom. The number of benzene rings is 6. The summed E-state index contributed by atoms with van der Waals surface area (Å²) in [6.45, 7) is 9.61. The summed E-state index contributed by atoms with van der Waals surface area (Å²) in [5, 5.41) is 46.7. The summed E-state index contributed by atoms with van der Waals surface area (Å²) < 4.78 is 61.3. The van der Waals surface area contributed by atoms with Crippen LogP contribution >= 0.6 is 34.0 Å². The van der Waals surface area contributed by atoms with Crippen molar-refractivity contribution in [2.75, 3.05) is 37.2 Å². The number of urea groups is 1. The number of alkyl carbamates (subject to hydrolysis) is 1. The molecule has 0 spiro atoms. The average Bonchev–Trinajstić information content (AvgIpc) is 1.76. The summed E-state index contributed by atoms with van der Waals surface area (Å²) >= 11 is 3.49. The van der Waals surface area contributed by atoms with Crippen molar-refractivity contribution >= 4 is 143 Å². The van der Waals surface area contributed by atoms with E-state index >= 15 is 0 Å². The molecule has 6 aromatic carbocycles. The Balaban J connectivity index is 0.000000222. The summed E-state index contributed by atoms with van der Waals surface area (Å²) in [4.78, 5) is 117. The highest BCUT2D eigenvalue weighted by atomic mass is 32.2. The van der Waals surface area contributed by atoms with Crippen molar-refractivity contribution in [1.82, 2.24) is 51.3 Å². The Morgan fingerprint density at radius 3 is 1.53 bits per heavy atom. The monoisotopic (exact) mass is 1690 g/mol. The molecule has 117 heavy (non-hydrogen) atoms. The number of aliphatic carboxylic acids is 3. The van der Waals surface area contributed by atoms with Gasteiger partial charge in [0.15, 0.2) is 5.96 Å². The molecule has 0 bridgehead atoms. The van der Waals surface area contributed by atoms with Crippen LogP contribution < -0.4 is 69.6 Å². The average molecular weight is 1690 g/mol. The summed E-state index contributed by atoms with van der Waals surface area (Å²) in [6.07, 6.45) is 2.56. The highest BCUT2D eigenvalue weighted by molar-refractivity contribution is 7.90. The van der Waals surface area contributed by atoms with Gasteiger partial charge in [0, 0.05) is 47.7 Å². The van der Waals surface area contributed by atoms with Gasteiger partial charge in [-0.15, -0.1) is 34.0 Å². The molecule has 0 fully saturated rings. The van der Waals surface area contributed by atoms with Gasteiger partial charge in [0.05, 0.1) is 47.2 Å². The molecule has 0 saturated carbocycles. The first kappa shape index (κ1) is 89.3. The third-order valence-electron chi connectivity index (χ3n) is 16.3. The van der Waals surface area contributed by atoms with Gasteiger partial charge in [0.25, 0.3) is 17.7 Å². The van der Waals surface area contributed by atoms with Crippen molar-refractivity contribution in [1.29, 1.82) is 0 Å². The van der Waals surface area contributed by atoms with Gasteiger partial charge in [-0.05, 0) is 147 Å². The van der Waals surface area contributed by atoms with Crippen LogP contribution in [-0.2, 0) is 52.3 Å². The zero-order valence-corrected chi connectivity index (χ0v) is 67.8. The number of anilines is 3. The molecule has 4 heterocycles. The van der Waals surface area contributed by atoms with Crippen LogP contribution in [0.15, 0.2) is 208 Å². The third-order valence-corrected chi connectivity index (χ3v) is 23.1. The summed E-state index contributed by atoms with van der Waals surface area (Å²) in [7, 11) is -8.31. The number of carboxylic acid groups (broad SMARTS) is 3. The number of carbonyl (C=O) groups excluding carboxylic acids is 5. The number of sulfonamides is 2. The molecule has 20 N–H and O–H groups in total. The number of ether oxygens (including phenoxy) is 1. The number of aliphatic imine (C=N–C) groups is 2. The van der Waals surface area contributed by atoms with Crippen molar-refractivity contribution in [3.05, 3.63) is 252 Å². The highest BCUT2D eigenvalue weighted by Crippen LogP contribution is 2.33. The number of amides is 6. The minimum absolute atomic E-state index is 0.00834. The minimum Gasteiger partial charge on any atom is -0.480 e. The van der Waals surface area contributed by atoms with Gasteiger partial charge in [0.1, 0.15) is 30.6 Å². The van der Waals surface area contributed by atoms with E-state index in [4.69, 9.17) is 27.7 Å². The van der Waals surface area contributed by atoms with Crippen LogP contribution in [0.25, 0.3) is 27.1 Å². The Bertz CT molecular complexity index is 5520. The maximum atomic E-state index is 13.1. The normalized spacial score (nSPS) is 12.0. The number of thiophene rings is 3. The predicted molar refractivity (Wildman–Crippen MR) is 449 cm³/mol. The van der Waals surface area contributed by atoms with E-state index in [0.717, 1.165) is 65.9 Å². The number of aryl methyl sites for hydroxylation is 6. The zero-order chi connectivity index (χ0) is 85.1. The number of para-hydroxylation sites is 1. The Morgan fingerprint density at radius 2 is 1.01 bits per heavy atom. The molecule has 0 unspecified atom stereocenters. The maximum Gasteiger partial charge on any atom is 0.408 e. The van der Waals surface area contributed by atoms with Crippen molar-refractivity contribution in [2.45, 2.75) is 82.6 Å². The van der Waals surface area contributed by atoms with Crippen LogP contribution in [0.2, 0.25) is 0 Å². The van der Waals surface area contributed by atoms with Gasteiger partial charge in [0.2, 0.25) is 32.0 Å². The smallest absolute Gasteiger partial charge is 0.408 e. The van der Waals surface area contributed by atoms with Gasteiger partial charge in [-0.3, -0.25) is 29.3 Å². The topological polar surface area (TPSA) is 538 Å². The highest BCUT2D eigenvalue weighted by Gasteiger charge is 2.31. The molecule has 33 nitrogen and oxygen atoms in total. The number of nitrogens with two attached hydrogens (primary N) is 4. The minimum atomic E-state index is -4.19. The van der Waals surface area contributed by atoms with Gasteiger partial charge >= 0.3 is 30.0 Å². The van der Waals surface area contributed by atoms with Crippen LogP contribution in [0.1, 0.15) is 78.4 Å². The van der Waals surface area contributed by atoms with E-state index in [2.05, 4.69) is 66.6 Å². The second kappa shape index (κ2) is 42.2. The third kappa shape index (κ3) is 27.8. The number of nitrogens with one attached hydrogen (secondary N) is 9. The molecule has 0 radical (unpaired) electrons. The van der Waals surface area contributed by atoms with Crippen LogP contribution in [0.5, 0.6) is 0 Å². The first-order chi connectivity index (χ1) is 55.6. The van der Waals surface area contributed by atoms with E-state index in [1.165, 1.54) is 11.3 Å². The van der Waals surface area contributed by atoms with Crippen molar-refractivity contribution in [2.24, 2.45) is 27.2 Å². The number of nitrogens with zero attached hydrogens (tertiary/aromatic N) is 4. The fourth-order valence-corrected chi connectivity index (χ4v) is 17.2. The van der Waals surface area contributed by atoms with Crippen LogP contribution in [0, 0.1) is 41.5 Å². The maximum absolute atomic E-state index is 13.1. The van der Waals surface area contributed by atoms with E-state index < -0.39 is 99.0 Å². The first-order valence-electron chi connectivity index (χ1n) is 35.3. The van der Waals surface area contributed by atoms with Gasteiger partial charge in [-0.2, -0.15) is 14.4 Å². The second-order valence-electron chi connectivity index (χ2n) is 25.7. The molecule has 10 rings (SSSR count). The van der Waals surface area contributed by atoms with Gasteiger partial charge < -0.3 is 74.9 Å². The van der Waals surface area contributed by atoms with E-state index in [1.807, 2.05) is 86.6 Å². The molecular formula is C79H85N17O16S5. The Hall–Kier alpha value is -13.2. The molecule has 0 saturated heterocycles. The van der Waals surface area contributed by atoms with Crippen molar-refractivity contribution in [3.8, 4) is 21.0 Å². The molecule has 10 aromatic rings. The lowest BCUT2D eigenvalue weighted by Crippen LogP contribution is -2.48. The van der Waals surface area contributed by atoms with Crippen LogP contribution in [0.3, 0.4) is 0 Å². The first-order valence-corrected chi connectivity index (χ1v) is 40.7. The van der Waals surface area contributed by atoms with Gasteiger partial charge in [-0.25, -0.2) is 46.2 Å². The van der Waals surface area contributed by atoms with E-state index in [1.54, 1.807) is 149 Å². The fraction of sp³-hybridized carbons (Fsp3) is 0.190. The lowest BCUT2D eigenvalue weighted by Gasteiger charge is -2.18. The van der Waals surface area contributed by atoms with Crippen molar-refractivity contribution < 1.29 is 75.2 Å². The standard InChI is InChI=1S/C32H34N6O6S2.C26H24N6O5S.C21H27N5O5S2/c1-19-14-20(2)28(21(3)15-19)46(43,44)38-25(30(40)41)18-34-29(39)27-13-12-26(45-27)23-10-7-11-24(16-23)36-31(33)37-32(42)35-17-22-8-5-4-6-9-22;27-25-30-18(13-22(32-25)29-17-9-5-2-6-10-17)20-11-12-21(38-20)23(33)28-14-19(24(34)35)31-26(36)37-15-16-7-3-1-4-8-16;1-12-9-13(2)18(14(3)10-12)33(30,31)26-16(20(28)29)11-25-19(27)17-7-6-15(32-17)5-4-8-24-21(22)23/h4-16,25,38H,17-18H2,1-3H3,(H,34,39)(H,40,41)(H4,33,35,36,37,42);1-13,19H,14-15H2,(H,28,33)(H,31,36)(H,34,35)(H3,27,29,30,32);4-7,9-10,16,26H,8,11H2,1-3H3,(H,25,27)(H,28,29)(H4,22,23,24)/b;;5-4+/t25-;19-;16-/m000/s1. The van der Waals surface area contributed by atoms with E-state index in [0.29, 0.717) is 67.2 Å². The molecular weight excluding hydrogens is 1600 g/mol. The zero-order valence-electron chi connectivity index (χ0n) is 63.7. The lowest BCUT2D eigenvalue weighted by atomic mass is 10.1. The second-order valence-corrected chi connectivity index (χ2v) is 32.3. The number of aromatic nitrogens is 2. The number of hydrogen-bond acceptors (Lipinski definition) is 22. The SMILES string of the molecule is Cc1cc(C)c(S(=O)(=O)N[C@@H](CNC(=O)c2ccc(-c3cccc(N=C(N)NC(=O)NCc4ccccc4)c3)s2)C(=O)O)c(C)c1.Cc1cc(C)c(S(=O)(=O)N[C@@H](CNC(=O)c2ccc(/C=C/CN=C(N)N)s2)C(=O)O)c(C)c1.Nc1nc(Nc2ccccc2)cc(-c2ccc(C(=O)NC[C@H](NC(=O)OCc3ccccc3)C(=O)O)s2)n1. The van der Waals surface area contributed by atoms with E-state index in [9.17, 15) is 70.5 Å². The number of hydrogen-bond donors (Lipinski definition) is 16. The largest absolute Gasteiger partial charge is 0.480 e. The summed E-state index contributed by atoms with van der Waals surface area (Å²) in [5.74, 6) is -5.31. The molecule has 0 aliphatic rings. The predicted octanol–water partition coefficient (Wildman–Crippen LogP) is 8.71. The Labute approximate surface area is 685 Å². The Kier molecular flexibility index (Phi) is 32.2. The number of nitrogen functional groups attached to an aromatic ring is 1. The van der Waals surface area contributed by atoms with Crippen LogP contribution in [-0.4, -0.2) is 146 Å². The van der Waals surface area contributed by atoms with E-state index in [-0.39, 0.29) is 45.7 Å². The molecule has 0 aliphatic heterocycles. The molecule has 38 heteroatoms. The number of carboxylic acids is 3. The molecule has 4 aromatic heterocycles. The molecule has 0 aliphatic carbocycles. The number of carbonyl (C=O) groups is 8. The number of guanidine groups is 2. The van der Waals surface area contributed by atoms with Crippen LogP contribution in [0.4, 0.5) is 32.7 Å². The summed E-state index contributed by atoms with van der Waals surface area (Å²) in [6, 6.07) is 48.2. The molecule has 612 valence electrons. The van der Waals surface area contributed by atoms with Gasteiger partial charge in [-0.1, -0.05) is 132 Å². The lowest BCUT2D eigenvalue weighted by molar-refractivity contribution is -0.140. The number of rotatable bonds is 31. The molecule has 6 amide bonds. The molecule has 3 atom stereocenters. The summed E-state index contributed by atoms with van der Waals surface area (Å²) in [5.41, 5.74) is 30.3. The quantitative estimate of drug-likeness (QED) is 0.0143. The van der Waals surface area contributed by atoms with Crippen molar-refractivity contribution in [3.63, 3.8) is 0 Å². The fourth-order valence-electron chi connectivity index (χ4n) is 11.2.